The third kappa shape index (κ3) is 5.81. The maximum atomic E-state index is 12.2. The van der Waals surface area contributed by atoms with Gasteiger partial charge in [-0.25, -0.2) is 9.78 Å². The number of carbonyl (C=O) groups excluding carboxylic acids is 1. The van der Waals surface area contributed by atoms with E-state index in [9.17, 15) is 4.79 Å². The molecule has 0 atom stereocenters. The zero-order chi connectivity index (χ0) is 22.6. The van der Waals surface area contributed by atoms with Crippen LogP contribution < -0.4 is 10.1 Å². The van der Waals surface area contributed by atoms with Crippen LogP contribution in [0.5, 0.6) is 11.5 Å². The van der Waals surface area contributed by atoms with Crippen LogP contribution in [0.2, 0.25) is 0 Å². The highest BCUT2D eigenvalue weighted by Crippen LogP contribution is 2.27. The van der Waals surface area contributed by atoms with Crippen LogP contribution in [0.4, 0.5) is 10.5 Å². The first-order valence-electron chi connectivity index (χ1n) is 10.9. The van der Waals surface area contributed by atoms with Crippen LogP contribution in [0.3, 0.4) is 0 Å². The summed E-state index contributed by atoms with van der Waals surface area (Å²) in [5.74, 6) is 2.10. The minimum Gasteiger partial charge on any atom is -0.457 e. The number of anilines is 1. The fourth-order valence-electron chi connectivity index (χ4n) is 3.56. The standard InChI is InChI=1S/C25H29N3O4/c1-25(2,3)32-24(29)28-15-12-20(13-16-28)27-19-6-10-22(11-7-19)31-21-8-4-18(5-9-21)23-26-14-17-30-23/h4-11,14,17,20,27H,12-13,15-16H2,1-3H3. The molecule has 2 heterocycles. The molecule has 0 saturated carbocycles. The molecule has 1 fully saturated rings. The molecule has 0 spiro atoms. The average Bonchev–Trinajstić information content (AvgIpc) is 3.30. The van der Waals surface area contributed by atoms with Gasteiger partial charge in [-0.2, -0.15) is 0 Å². The van der Waals surface area contributed by atoms with E-state index < -0.39 is 5.60 Å². The number of aromatic nitrogens is 1. The van der Waals surface area contributed by atoms with Crippen LogP contribution in [0.1, 0.15) is 33.6 Å². The van der Waals surface area contributed by atoms with E-state index in [0.717, 1.165) is 35.6 Å². The maximum Gasteiger partial charge on any atom is 0.410 e. The lowest BCUT2D eigenvalue weighted by Gasteiger charge is -2.34. The van der Waals surface area contributed by atoms with E-state index in [2.05, 4.69) is 10.3 Å². The number of hydrogen-bond donors (Lipinski definition) is 1. The number of amides is 1. The number of likely N-dealkylation sites (tertiary alicyclic amines) is 1. The van der Waals surface area contributed by atoms with Crippen molar-refractivity contribution < 1.29 is 18.7 Å². The molecule has 2 aromatic carbocycles. The highest BCUT2D eigenvalue weighted by molar-refractivity contribution is 5.68. The lowest BCUT2D eigenvalue weighted by Crippen LogP contribution is -2.44. The predicted molar refractivity (Wildman–Crippen MR) is 123 cm³/mol. The van der Waals surface area contributed by atoms with Crippen LogP contribution in [0.15, 0.2) is 65.4 Å². The van der Waals surface area contributed by atoms with Gasteiger partial charge in [-0.15, -0.1) is 0 Å². The van der Waals surface area contributed by atoms with E-state index in [-0.39, 0.29) is 6.09 Å². The Labute approximate surface area is 188 Å². The van der Waals surface area contributed by atoms with Gasteiger partial charge in [0, 0.05) is 30.4 Å². The van der Waals surface area contributed by atoms with Gasteiger partial charge in [0.05, 0.1) is 6.20 Å². The fraction of sp³-hybridized carbons (Fsp3) is 0.360. The van der Waals surface area contributed by atoms with E-state index in [0.29, 0.717) is 25.0 Å². The first-order valence-corrected chi connectivity index (χ1v) is 10.9. The first-order chi connectivity index (χ1) is 15.4. The minimum absolute atomic E-state index is 0.231. The normalized spacial score (nSPS) is 14.8. The molecule has 1 saturated heterocycles. The Morgan fingerprint density at radius 3 is 2.22 bits per heavy atom. The summed E-state index contributed by atoms with van der Waals surface area (Å²) < 4.78 is 16.7. The second-order valence-electron chi connectivity index (χ2n) is 8.87. The quantitative estimate of drug-likeness (QED) is 0.534. The Balaban J connectivity index is 1.26. The van der Waals surface area contributed by atoms with E-state index in [1.165, 1.54) is 0 Å². The summed E-state index contributed by atoms with van der Waals surface area (Å²) in [7, 11) is 0. The molecular weight excluding hydrogens is 406 g/mol. The van der Waals surface area contributed by atoms with Gasteiger partial charge in [-0.05, 0) is 82.1 Å². The van der Waals surface area contributed by atoms with Gasteiger partial charge in [-0.1, -0.05) is 0 Å². The second kappa shape index (κ2) is 9.34. The van der Waals surface area contributed by atoms with Gasteiger partial charge in [0.15, 0.2) is 0 Å². The monoisotopic (exact) mass is 435 g/mol. The van der Waals surface area contributed by atoms with Crippen molar-refractivity contribution in [1.82, 2.24) is 9.88 Å². The SMILES string of the molecule is CC(C)(C)OC(=O)N1CCC(Nc2ccc(Oc3ccc(-c4ncco4)cc3)cc2)CC1. The molecule has 1 aliphatic heterocycles. The molecular formula is C25H29N3O4. The first kappa shape index (κ1) is 21.7. The third-order valence-electron chi connectivity index (χ3n) is 5.14. The van der Waals surface area contributed by atoms with Crippen LogP contribution in [-0.2, 0) is 4.74 Å². The summed E-state index contributed by atoms with van der Waals surface area (Å²) in [6.45, 7) is 7.05. The molecule has 32 heavy (non-hydrogen) atoms. The van der Waals surface area contributed by atoms with E-state index in [4.69, 9.17) is 13.9 Å². The van der Waals surface area contributed by atoms with Crippen LogP contribution in [0, 0.1) is 0 Å². The average molecular weight is 436 g/mol. The van der Waals surface area contributed by atoms with Gasteiger partial charge < -0.3 is 24.1 Å². The van der Waals surface area contributed by atoms with E-state index in [1.54, 1.807) is 17.4 Å². The van der Waals surface area contributed by atoms with Crippen molar-refractivity contribution in [1.29, 1.82) is 0 Å². The number of nitrogens with one attached hydrogen (secondary N) is 1. The fourth-order valence-corrected chi connectivity index (χ4v) is 3.56. The number of nitrogens with zero attached hydrogens (tertiary/aromatic N) is 2. The predicted octanol–water partition coefficient (Wildman–Crippen LogP) is 5.95. The molecule has 0 radical (unpaired) electrons. The van der Waals surface area contributed by atoms with Crippen molar-refractivity contribution in [3.63, 3.8) is 0 Å². The number of rotatable bonds is 5. The summed E-state index contributed by atoms with van der Waals surface area (Å²) >= 11 is 0. The number of oxazole rings is 1. The van der Waals surface area contributed by atoms with Crippen molar-refractivity contribution in [2.75, 3.05) is 18.4 Å². The Morgan fingerprint density at radius 1 is 1.03 bits per heavy atom. The molecule has 4 rings (SSSR count). The molecule has 168 valence electrons. The molecule has 0 aliphatic carbocycles. The summed E-state index contributed by atoms with van der Waals surface area (Å²) in [6.07, 6.45) is 4.72. The molecule has 0 bridgehead atoms. The van der Waals surface area contributed by atoms with Crippen molar-refractivity contribution in [3.05, 3.63) is 61.0 Å². The van der Waals surface area contributed by atoms with Gasteiger partial charge in [0.1, 0.15) is 23.4 Å². The zero-order valence-corrected chi connectivity index (χ0v) is 18.7. The second-order valence-corrected chi connectivity index (χ2v) is 8.87. The smallest absolute Gasteiger partial charge is 0.410 e. The molecule has 7 heteroatoms. The summed E-state index contributed by atoms with van der Waals surface area (Å²) in [4.78, 5) is 18.1. The Hall–Kier alpha value is -3.48. The van der Waals surface area contributed by atoms with Crippen molar-refractivity contribution in [3.8, 4) is 23.0 Å². The van der Waals surface area contributed by atoms with E-state index in [1.807, 2.05) is 69.3 Å². The summed E-state index contributed by atoms with van der Waals surface area (Å²) in [5, 5.41) is 3.55. The van der Waals surface area contributed by atoms with Gasteiger partial charge in [0.25, 0.3) is 0 Å². The van der Waals surface area contributed by atoms with Crippen LogP contribution in [-0.4, -0.2) is 40.7 Å². The zero-order valence-electron chi connectivity index (χ0n) is 18.7. The van der Waals surface area contributed by atoms with Crippen LogP contribution in [0.25, 0.3) is 11.5 Å². The molecule has 1 aliphatic rings. The number of carbonyl (C=O) groups is 1. The van der Waals surface area contributed by atoms with Gasteiger partial charge >= 0.3 is 6.09 Å². The largest absolute Gasteiger partial charge is 0.457 e. The Morgan fingerprint density at radius 2 is 1.66 bits per heavy atom. The molecule has 3 aromatic rings. The maximum absolute atomic E-state index is 12.2. The summed E-state index contributed by atoms with van der Waals surface area (Å²) in [6, 6.07) is 15.9. The lowest BCUT2D eigenvalue weighted by molar-refractivity contribution is 0.0210. The molecule has 1 N–H and O–H groups in total. The number of hydrogen-bond acceptors (Lipinski definition) is 6. The molecule has 1 aromatic heterocycles. The topological polar surface area (TPSA) is 76.8 Å². The molecule has 0 unspecified atom stereocenters. The molecule has 7 nitrogen and oxygen atoms in total. The lowest BCUT2D eigenvalue weighted by atomic mass is 10.0. The Bertz CT molecular complexity index is 1000. The minimum atomic E-state index is -0.464. The Kier molecular flexibility index (Phi) is 6.35. The van der Waals surface area contributed by atoms with Crippen LogP contribution >= 0.6 is 0 Å². The molecule has 1 amide bonds. The van der Waals surface area contributed by atoms with Crippen molar-refractivity contribution >= 4 is 11.8 Å². The number of ether oxygens (including phenoxy) is 2. The third-order valence-corrected chi connectivity index (χ3v) is 5.14. The highest BCUT2D eigenvalue weighted by Gasteiger charge is 2.26. The van der Waals surface area contributed by atoms with Gasteiger partial charge in [-0.3, -0.25) is 0 Å². The van der Waals surface area contributed by atoms with Crippen molar-refractivity contribution in [2.24, 2.45) is 0 Å². The van der Waals surface area contributed by atoms with E-state index >= 15 is 0 Å². The van der Waals surface area contributed by atoms with Crippen molar-refractivity contribution in [2.45, 2.75) is 45.3 Å². The highest BCUT2D eigenvalue weighted by atomic mass is 16.6. The summed E-state index contributed by atoms with van der Waals surface area (Å²) in [5.41, 5.74) is 1.47. The van der Waals surface area contributed by atoms with Gasteiger partial charge in [0.2, 0.25) is 5.89 Å². The number of piperidine rings is 1. The number of benzene rings is 2.